The molecule has 1 rings (SSSR count). The van der Waals surface area contributed by atoms with Crippen molar-refractivity contribution in [2.45, 2.75) is 40.0 Å². The minimum Gasteiger partial charge on any atom is -0.495 e. The molecule has 0 saturated heterocycles. The van der Waals surface area contributed by atoms with Crippen molar-refractivity contribution in [2.24, 2.45) is 0 Å². The number of nitrogens with one attached hydrogen (secondary N) is 1. The largest absolute Gasteiger partial charge is 0.495 e. The molecule has 1 aromatic rings. The van der Waals surface area contributed by atoms with Gasteiger partial charge in [-0.25, -0.2) is 0 Å². The number of amides is 2. The van der Waals surface area contributed by atoms with E-state index in [-0.39, 0.29) is 18.2 Å². The van der Waals surface area contributed by atoms with Gasteiger partial charge in [0.15, 0.2) is 0 Å². The van der Waals surface area contributed by atoms with Crippen molar-refractivity contribution in [1.29, 1.82) is 0 Å². The van der Waals surface area contributed by atoms with E-state index < -0.39 is 0 Å². The van der Waals surface area contributed by atoms with Gasteiger partial charge in [0.25, 0.3) is 0 Å². The number of carbonyl (C=O) groups is 2. The van der Waals surface area contributed by atoms with Crippen LogP contribution in [-0.2, 0) is 9.59 Å². The zero-order valence-corrected chi connectivity index (χ0v) is 13.9. The minimum atomic E-state index is -0.314. The number of aryl methyl sites for hydroxylation is 1. The first-order chi connectivity index (χ1) is 10.5. The molecular weight excluding hydrogens is 280 g/mol. The molecule has 0 spiro atoms. The standard InChI is InChI=1S/C17H26N2O3/c1-5-9-19(10-6-2)17(21)12-16(20)18-14-11-13(3)7-8-15(14)22-4/h7-8,11H,5-6,9-10,12H2,1-4H3,(H,18,20). The Hall–Kier alpha value is -2.04. The molecule has 0 aliphatic heterocycles. The summed E-state index contributed by atoms with van der Waals surface area (Å²) >= 11 is 0. The second-order valence-electron chi connectivity index (χ2n) is 5.31. The molecule has 2 amide bonds. The zero-order chi connectivity index (χ0) is 16.5. The number of nitrogens with zero attached hydrogens (tertiary/aromatic N) is 1. The second-order valence-corrected chi connectivity index (χ2v) is 5.31. The third-order valence-corrected chi connectivity index (χ3v) is 3.28. The highest BCUT2D eigenvalue weighted by molar-refractivity contribution is 6.04. The van der Waals surface area contributed by atoms with E-state index in [0.717, 1.165) is 18.4 Å². The van der Waals surface area contributed by atoms with Gasteiger partial charge < -0.3 is 15.0 Å². The molecule has 0 unspecified atom stereocenters. The van der Waals surface area contributed by atoms with Gasteiger partial charge in [0.1, 0.15) is 12.2 Å². The maximum Gasteiger partial charge on any atom is 0.233 e. The summed E-state index contributed by atoms with van der Waals surface area (Å²) in [6.07, 6.45) is 1.63. The lowest BCUT2D eigenvalue weighted by Gasteiger charge is -2.21. The summed E-state index contributed by atoms with van der Waals surface area (Å²) in [6.45, 7) is 7.35. The summed E-state index contributed by atoms with van der Waals surface area (Å²) in [7, 11) is 1.55. The van der Waals surface area contributed by atoms with Crippen LogP contribution in [-0.4, -0.2) is 36.9 Å². The molecule has 0 aromatic heterocycles. The van der Waals surface area contributed by atoms with Gasteiger partial charge in [0, 0.05) is 13.1 Å². The number of benzene rings is 1. The first-order valence-electron chi connectivity index (χ1n) is 7.74. The molecule has 0 bridgehead atoms. The average Bonchev–Trinajstić information content (AvgIpc) is 2.47. The Bertz CT molecular complexity index is 509. The molecule has 1 N–H and O–H groups in total. The van der Waals surface area contributed by atoms with Crippen molar-refractivity contribution >= 4 is 17.5 Å². The number of hydrogen-bond acceptors (Lipinski definition) is 3. The first-order valence-corrected chi connectivity index (χ1v) is 7.74. The lowest BCUT2D eigenvalue weighted by Crippen LogP contribution is -2.35. The molecule has 0 heterocycles. The maximum atomic E-state index is 12.2. The normalized spacial score (nSPS) is 10.2. The minimum absolute atomic E-state index is 0.132. The summed E-state index contributed by atoms with van der Waals surface area (Å²) in [5.74, 6) is 0.143. The molecule has 0 aliphatic rings. The van der Waals surface area contributed by atoms with Crippen LogP contribution in [0.1, 0.15) is 38.7 Å². The monoisotopic (exact) mass is 306 g/mol. The highest BCUT2D eigenvalue weighted by Gasteiger charge is 2.17. The highest BCUT2D eigenvalue weighted by atomic mass is 16.5. The average molecular weight is 306 g/mol. The summed E-state index contributed by atoms with van der Waals surface area (Å²) in [6, 6.07) is 5.54. The van der Waals surface area contributed by atoms with Crippen LogP contribution in [0.15, 0.2) is 18.2 Å². The molecule has 0 fully saturated rings. The smallest absolute Gasteiger partial charge is 0.233 e. The third kappa shape index (κ3) is 5.39. The van der Waals surface area contributed by atoms with Crippen LogP contribution in [0, 0.1) is 6.92 Å². The Balaban J connectivity index is 2.69. The van der Waals surface area contributed by atoms with Crippen LogP contribution in [0.25, 0.3) is 0 Å². The molecule has 1 aromatic carbocycles. The lowest BCUT2D eigenvalue weighted by atomic mass is 10.2. The quantitative estimate of drug-likeness (QED) is 0.751. The molecule has 22 heavy (non-hydrogen) atoms. The summed E-state index contributed by atoms with van der Waals surface area (Å²) in [5, 5.41) is 2.76. The van der Waals surface area contributed by atoms with E-state index in [2.05, 4.69) is 5.32 Å². The third-order valence-electron chi connectivity index (χ3n) is 3.28. The second kappa shape index (κ2) is 9.07. The number of ether oxygens (including phenoxy) is 1. The van der Waals surface area contributed by atoms with Crippen molar-refractivity contribution in [3.8, 4) is 5.75 Å². The molecule has 122 valence electrons. The predicted octanol–water partition coefficient (Wildman–Crippen LogP) is 2.98. The Labute approximate surface area is 132 Å². The van der Waals surface area contributed by atoms with Crippen LogP contribution in [0.2, 0.25) is 0 Å². The first kappa shape index (κ1) is 18.0. The number of methoxy groups -OCH3 is 1. The Morgan fingerprint density at radius 2 is 1.82 bits per heavy atom. The molecular formula is C17H26N2O3. The van der Waals surface area contributed by atoms with Crippen molar-refractivity contribution in [2.75, 3.05) is 25.5 Å². The van der Waals surface area contributed by atoms with Crippen LogP contribution >= 0.6 is 0 Å². The maximum absolute atomic E-state index is 12.2. The fraction of sp³-hybridized carbons (Fsp3) is 0.529. The van der Waals surface area contributed by atoms with Crippen LogP contribution in [0.3, 0.4) is 0 Å². The van der Waals surface area contributed by atoms with Crippen LogP contribution < -0.4 is 10.1 Å². The van der Waals surface area contributed by atoms with E-state index in [9.17, 15) is 9.59 Å². The number of hydrogen-bond donors (Lipinski definition) is 1. The SMILES string of the molecule is CCCN(CCC)C(=O)CC(=O)Nc1cc(C)ccc1OC. The molecule has 5 nitrogen and oxygen atoms in total. The lowest BCUT2D eigenvalue weighted by molar-refractivity contribution is -0.134. The number of anilines is 1. The molecule has 5 heteroatoms. The summed E-state index contributed by atoms with van der Waals surface area (Å²) < 4.78 is 5.22. The van der Waals surface area contributed by atoms with E-state index in [0.29, 0.717) is 24.5 Å². The van der Waals surface area contributed by atoms with E-state index in [1.54, 1.807) is 18.1 Å². The summed E-state index contributed by atoms with van der Waals surface area (Å²) in [4.78, 5) is 26.0. The van der Waals surface area contributed by atoms with E-state index in [1.807, 2.05) is 32.9 Å². The van der Waals surface area contributed by atoms with Crippen molar-refractivity contribution < 1.29 is 14.3 Å². The predicted molar refractivity (Wildman–Crippen MR) is 88.1 cm³/mol. The topological polar surface area (TPSA) is 58.6 Å². The van der Waals surface area contributed by atoms with Gasteiger partial charge in [-0.1, -0.05) is 19.9 Å². The highest BCUT2D eigenvalue weighted by Crippen LogP contribution is 2.25. The van der Waals surface area contributed by atoms with Crippen molar-refractivity contribution in [3.63, 3.8) is 0 Å². The van der Waals surface area contributed by atoms with Gasteiger partial charge in [-0.15, -0.1) is 0 Å². The van der Waals surface area contributed by atoms with Gasteiger partial charge in [-0.05, 0) is 37.5 Å². The van der Waals surface area contributed by atoms with Crippen molar-refractivity contribution in [3.05, 3.63) is 23.8 Å². The summed E-state index contributed by atoms with van der Waals surface area (Å²) in [5.41, 5.74) is 1.61. The Kier molecular flexibility index (Phi) is 7.43. The van der Waals surface area contributed by atoms with E-state index >= 15 is 0 Å². The molecule has 0 aliphatic carbocycles. The van der Waals surface area contributed by atoms with Gasteiger partial charge in [0.2, 0.25) is 11.8 Å². The molecule has 0 saturated carbocycles. The fourth-order valence-electron chi connectivity index (χ4n) is 2.26. The van der Waals surface area contributed by atoms with Gasteiger partial charge in [-0.3, -0.25) is 9.59 Å². The zero-order valence-electron chi connectivity index (χ0n) is 13.9. The van der Waals surface area contributed by atoms with Crippen LogP contribution in [0.5, 0.6) is 5.75 Å². The van der Waals surface area contributed by atoms with Crippen LogP contribution in [0.4, 0.5) is 5.69 Å². The fourth-order valence-corrected chi connectivity index (χ4v) is 2.26. The Morgan fingerprint density at radius 1 is 1.18 bits per heavy atom. The van der Waals surface area contributed by atoms with E-state index in [1.165, 1.54) is 0 Å². The molecule has 0 atom stereocenters. The Morgan fingerprint density at radius 3 is 2.36 bits per heavy atom. The van der Waals surface area contributed by atoms with Gasteiger partial charge >= 0.3 is 0 Å². The number of carbonyl (C=O) groups excluding carboxylic acids is 2. The van der Waals surface area contributed by atoms with E-state index in [4.69, 9.17) is 4.74 Å². The van der Waals surface area contributed by atoms with Gasteiger partial charge in [0.05, 0.1) is 12.8 Å². The van der Waals surface area contributed by atoms with Gasteiger partial charge in [-0.2, -0.15) is 0 Å². The van der Waals surface area contributed by atoms with Crippen molar-refractivity contribution in [1.82, 2.24) is 4.90 Å². The molecule has 0 radical (unpaired) electrons. The number of rotatable bonds is 8.